The number of rotatable bonds is 1. The maximum Gasteiger partial charge on any atom is 0.323 e. The number of methoxy groups -OCH3 is 1. The molecular formula is C13H18ClNO2. The van der Waals surface area contributed by atoms with E-state index >= 15 is 0 Å². The van der Waals surface area contributed by atoms with E-state index in [-0.39, 0.29) is 24.4 Å². The molecule has 5 rings (SSSR count). The van der Waals surface area contributed by atoms with E-state index < -0.39 is 0 Å². The summed E-state index contributed by atoms with van der Waals surface area (Å²) in [6, 6.07) is -0.0472. The van der Waals surface area contributed by atoms with Crippen LogP contribution >= 0.6 is 12.4 Å². The number of halogens is 1. The van der Waals surface area contributed by atoms with Crippen molar-refractivity contribution in [3.8, 4) is 0 Å². The molecule has 7 atom stereocenters. The lowest BCUT2D eigenvalue weighted by atomic mass is 9.62. The first-order valence-electron chi connectivity index (χ1n) is 6.31. The fraction of sp³-hybridized carbons (Fsp3) is 0.769. The molecule has 17 heavy (non-hydrogen) atoms. The van der Waals surface area contributed by atoms with Gasteiger partial charge in [0.15, 0.2) is 0 Å². The number of nitrogens with one attached hydrogen (secondary N) is 1. The summed E-state index contributed by atoms with van der Waals surface area (Å²) >= 11 is 0. The molecule has 3 fully saturated rings. The van der Waals surface area contributed by atoms with Gasteiger partial charge >= 0.3 is 5.97 Å². The fourth-order valence-electron chi connectivity index (χ4n) is 4.59. The van der Waals surface area contributed by atoms with Gasteiger partial charge in [-0.3, -0.25) is 4.79 Å². The Bertz CT molecular complexity index is 384. The summed E-state index contributed by atoms with van der Waals surface area (Å²) in [6.45, 7) is 0.999. The maximum absolute atomic E-state index is 11.8. The number of hydrogen-bond donors (Lipinski definition) is 1. The third-order valence-corrected chi connectivity index (χ3v) is 5.28. The Balaban J connectivity index is 0.000000902. The van der Waals surface area contributed by atoms with Crippen molar-refractivity contribution in [1.82, 2.24) is 5.32 Å². The molecule has 4 heteroatoms. The normalized spacial score (nSPS) is 52.4. The van der Waals surface area contributed by atoms with Gasteiger partial charge in [-0.2, -0.15) is 0 Å². The molecule has 1 N–H and O–H groups in total. The zero-order valence-electron chi connectivity index (χ0n) is 9.84. The summed E-state index contributed by atoms with van der Waals surface area (Å²) in [5.74, 6) is 4.32. The molecule has 3 nitrogen and oxygen atoms in total. The Labute approximate surface area is 107 Å². The predicted octanol–water partition coefficient (Wildman–Crippen LogP) is 1.24. The predicted molar refractivity (Wildman–Crippen MR) is 65.8 cm³/mol. The SMILES string of the molecule is COC(=O)[C@H]1NC[C@@H]2[C@@H]3C=C[C@@H]([C@H]4C[C@@H]34)[C@@H]21.Cl. The monoisotopic (exact) mass is 255 g/mol. The van der Waals surface area contributed by atoms with E-state index in [1.54, 1.807) is 0 Å². The third-order valence-electron chi connectivity index (χ3n) is 5.28. The van der Waals surface area contributed by atoms with Crippen LogP contribution in [0.15, 0.2) is 12.2 Å². The average molecular weight is 256 g/mol. The van der Waals surface area contributed by atoms with Gasteiger partial charge in [0.25, 0.3) is 0 Å². The Morgan fingerprint density at radius 2 is 1.94 bits per heavy atom. The maximum atomic E-state index is 11.8. The molecule has 1 saturated heterocycles. The molecule has 2 saturated carbocycles. The highest BCUT2D eigenvalue weighted by Gasteiger charge is 2.63. The molecule has 1 aliphatic heterocycles. The Morgan fingerprint density at radius 3 is 2.71 bits per heavy atom. The Morgan fingerprint density at radius 1 is 1.24 bits per heavy atom. The van der Waals surface area contributed by atoms with Crippen LogP contribution in [0.1, 0.15) is 6.42 Å². The summed E-state index contributed by atoms with van der Waals surface area (Å²) in [5.41, 5.74) is 0. The van der Waals surface area contributed by atoms with Crippen molar-refractivity contribution < 1.29 is 9.53 Å². The fourth-order valence-corrected chi connectivity index (χ4v) is 4.59. The number of carbonyl (C=O) groups excluding carboxylic acids is 1. The van der Waals surface area contributed by atoms with Crippen LogP contribution in [0, 0.1) is 35.5 Å². The molecule has 0 aromatic carbocycles. The molecular weight excluding hydrogens is 238 g/mol. The smallest absolute Gasteiger partial charge is 0.323 e. The van der Waals surface area contributed by atoms with Crippen molar-refractivity contribution in [2.75, 3.05) is 13.7 Å². The van der Waals surface area contributed by atoms with Crippen LogP contribution in [0.4, 0.5) is 0 Å². The number of esters is 1. The van der Waals surface area contributed by atoms with E-state index in [1.165, 1.54) is 13.5 Å². The van der Waals surface area contributed by atoms with E-state index in [0.717, 1.165) is 24.3 Å². The first-order valence-corrected chi connectivity index (χ1v) is 6.31. The highest BCUT2D eigenvalue weighted by atomic mass is 35.5. The summed E-state index contributed by atoms with van der Waals surface area (Å²) < 4.78 is 4.91. The van der Waals surface area contributed by atoms with E-state index in [9.17, 15) is 4.79 Å². The summed E-state index contributed by atoms with van der Waals surface area (Å²) in [5, 5.41) is 3.38. The Kier molecular flexibility index (Phi) is 2.53. The molecule has 94 valence electrons. The zero-order chi connectivity index (χ0) is 10.9. The van der Waals surface area contributed by atoms with Gasteiger partial charge in [0, 0.05) is 0 Å². The molecule has 0 unspecified atom stereocenters. The lowest BCUT2D eigenvalue weighted by Gasteiger charge is -2.41. The van der Waals surface area contributed by atoms with Gasteiger partial charge in [-0.05, 0) is 48.5 Å². The number of ether oxygens (including phenoxy) is 1. The van der Waals surface area contributed by atoms with Crippen molar-refractivity contribution in [2.24, 2.45) is 35.5 Å². The second-order valence-corrected chi connectivity index (χ2v) is 5.75. The van der Waals surface area contributed by atoms with Crippen LogP contribution in [0.2, 0.25) is 0 Å². The van der Waals surface area contributed by atoms with Crippen molar-refractivity contribution in [3.05, 3.63) is 12.2 Å². The zero-order valence-corrected chi connectivity index (χ0v) is 10.7. The molecule has 0 radical (unpaired) electrons. The largest absolute Gasteiger partial charge is 0.468 e. The van der Waals surface area contributed by atoms with Gasteiger partial charge in [0.05, 0.1) is 7.11 Å². The molecule has 0 amide bonds. The van der Waals surface area contributed by atoms with Gasteiger partial charge < -0.3 is 10.1 Å². The van der Waals surface area contributed by atoms with Gasteiger partial charge in [-0.1, -0.05) is 12.2 Å². The number of hydrogen-bond acceptors (Lipinski definition) is 3. The highest BCUT2D eigenvalue weighted by Crippen LogP contribution is 2.65. The molecule has 5 aliphatic rings. The summed E-state index contributed by atoms with van der Waals surface area (Å²) in [4.78, 5) is 11.8. The average Bonchev–Trinajstić information content (AvgIpc) is 3.02. The summed E-state index contributed by atoms with van der Waals surface area (Å²) in [7, 11) is 1.49. The molecule has 0 spiro atoms. The minimum atomic E-state index is -0.0642. The van der Waals surface area contributed by atoms with Gasteiger partial charge in [0.1, 0.15) is 6.04 Å². The van der Waals surface area contributed by atoms with E-state index in [4.69, 9.17) is 4.74 Å². The van der Waals surface area contributed by atoms with Crippen LogP contribution in [0.25, 0.3) is 0 Å². The molecule has 4 aliphatic carbocycles. The van der Waals surface area contributed by atoms with Crippen molar-refractivity contribution in [2.45, 2.75) is 12.5 Å². The first-order chi connectivity index (χ1) is 7.81. The molecule has 2 bridgehead atoms. The second kappa shape index (κ2) is 3.72. The second-order valence-electron chi connectivity index (χ2n) is 5.75. The molecule has 1 heterocycles. The number of carbonyl (C=O) groups is 1. The van der Waals surface area contributed by atoms with Crippen molar-refractivity contribution in [1.29, 1.82) is 0 Å². The van der Waals surface area contributed by atoms with Gasteiger partial charge in [-0.25, -0.2) is 0 Å². The Hall–Kier alpha value is -0.540. The topological polar surface area (TPSA) is 38.3 Å². The molecule has 0 aromatic rings. The lowest BCUT2D eigenvalue weighted by Crippen LogP contribution is -2.45. The van der Waals surface area contributed by atoms with Gasteiger partial charge in [0.2, 0.25) is 0 Å². The molecule has 0 aromatic heterocycles. The minimum Gasteiger partial charge on any atom is -0.468 e. The summed E-state index contributed by atoms with van der Waals surface area (Å²) in [6.07, 6.45) is 6.19. The van der Waals surface area contributed by atoms with Crippen LogP contribution in [0.3, 0.4) is 0 Å². The first kappa shape index (κ1) is 11.5. The van der Waals surface area contributed by atoms with Crippen LogP contribution in [0.5, 0.6) is 0 Å². The van der Waals surface area contributed by atoms with Gasteiger partial charge in [-0.15, -0.1) is 12.4 Å². The van der Waals surface area contributed by atoms with E-state index in [0.29, 0.717) is 17.8 Å². The van der Waals surface area contributed by atoms with Crippen molar-refractivity contribution >= 4 is 18.4 Å². The van der Waals surface area contributed by atoms with Crippen LogP contribution in [-0.2, 0) is 9.53 Å². The van der Waals surface area contributed by atoms with Crippen molar-refractivity contribution in [3.63, 3.8) is 0 Å². The van der Waals surface area contributed by atoms with E-state index in [1.807, 2.05) is 0 Å². The third kappa shape index (κ3) is 1.36. The standard InChI is InChI=1S/C13H17NO2.ClH/c1-16-13(15)12-11-7-3-2-6(8-4-9(7)8)10(11)5-14-12;/h2-3,6-12,14H,4-5H2,1H3;1H/t6-,7+,8+,9-,10-,11+,12+;/m1./s1. The van der Waals surface area contributed by atoms with Crippen LogP contribution < -0.4 is 5.32 Å². The quantitative estimate of drug-likeness (QED) is 0.566. The number of allylic oxidation sites excluding steroid dienone is 2. The highest BCUT2D eigenvalue weighted by molar-refractivity contribution is 5.85. The lowest BCUT2D eigenvalue weighted by molar-refractivity contribution is -0.144. The minimum absolute atomic E-state index is 0. The van der Waals surface area contributed by atoms with E-state index in [2.05, 4.69) is 17.5 Å². The van der Waals surface area contributed by atoms with Crippen LogP contribution in [-0.4, -0.2) is 25.7 Å².